The largest absolute Gasteiger partial charge is 0.381 e. The third-order valence-electron chi connectivity index (χ3n) is 4.59. The molecule has 128 valence electrons. The number of rotatable bonds is 3. The van der Waals surface area contributed by atoms with Crippen LogP contribution in [0.1, 0.15) is 41.4 Å². The number of hydrogen-bond donors (Lipinski definition) is 3. The first kappa shape index (κ1) is 15.5. The standard InChI is InChI=1S/C15H20N6O2S/c22-14(17-11-2-1-10-8-16-19-12(10)7-11)18-15-21-20-13(24-15)9-3-5-23-6-4-9/h8-9,11H,1-7H2,(H,16,19)(H2,17,18,21,22). The maximum Gasteiger partial charge on any atom is 0.321 e. The Labute approximate surface area is 143 Å². The van der Waals surface area contributed by atoms with E-state index in [0.717, 1.165) is 56.0 Å². The molecule has 0 bridgehead atoms. The topological polar surface area (TPSA) is 105 Å². The SMILES string of the molecule is O=C(Nc1nnc(C2CCOCC2)s1)NC1CCc2cn[nH]c2C1. The molecule has 0 radical (unpaired) electrons. The molecule has 4 rings (SSSR count). The number of aryl methyl sites for hydroxylation is 1. The van der Waals surface area contributed by atoms with Gasteiger partial charge in [0.15, 0.2) is 0 Å². The van der Waals surface area contributed by atoms with Gasteiger partial charge in [0.25, 0.3) is 0 Å². The first-order chi connectivity index (χ1) is 11.8. The fraction of sp³-hybridized carbons (Fsp3) is 0.600. The predicted octanol–water partition coefficient (Wildman–Crippen LogP) is 1.83. The molecule has 3 heterocycles. The smallest absolute Gasteiger partial charge is 0.321 e. The van der Waals surface area contributed by atoms with Crippen molar-refractivity contribution in [2.75, 3.05) is 18.5 Å². The van der Waals surface area contributed by atoms with Gasteiger partial charge in [-0.2, -0.15) is 5.10 Å². The van der Waals surface area contributed by atoms with Crippen LogP contribution in [0.5, 0.6) is 0 Å². The average Bonchev–Trinajstić information content (AvgIpc) is 3.24. The lowest BCUT2D eigenvalue weighted by Gasteiger charge is -2.22. The number of fused-ring (bicyclic) bond motifs is 1. The number of carbonyl (C=O) groups is 1. The van der Waals surface area contributed by atoms with Crippen LogP contribution in [0.25, 0.3) is 0 Å². The van der Waals surface area contributed by atoms with Gasteiger partial charge in [-0.15, -0.1) is 10.2 Å². The Morgan fingerprint density at radius 1 is 1.29 bits per heavy atom. The van der Waals surface area contributed by atoms with Gasteiger partial charge in [-0.05, 0) is 31.2 Å². The first-order valence-electron chi connectivity index (χ1n) is 8.27. The summed E-state index contributed by atoms with van der Waals surface area (Å²) in [7, 11) is 0. The molecule has 1 atom stereocenters. The minimum atomic E-state index is -0.224. The molecule has 0 saturated carbocycles. The second kappa shape index (κ2) is 6.86. The van der Waals surface area contributed by atoms with Gasteiger partial charge in [-0.1, -0.05) is 11.3 Å². The van der Waals surface area contributed by atoms with Crippen molar-refractivity contribution in [3.05, 3.63) is 22.5 Å². The summed E-state index contributed by atoms with van der Waals surface area (Å²) in [5.74, 6) is 0.395. The van der Waals surface area contributed by atoms with Crippen molar-refractivity contribution in [2.24, 2.45) is 0 Å². The van der Waals surface area contributed by atoms with Crippen LogP contribution in [0, 0.1) is 0 Å². The molecule has 2 aromatic heterocycles. The van der Waals surface area contributed by atoms with Crippen molar-refractivity contribution >= 4 is 22.5 Å². The highest BCUT2D eigenvalue weighted by Gasteiger charge is 2.23. The Hall–Kier alpha value is -2.00. The third-order valence-corrected chi connectivity index (χ3v) is 5.59. The summed E-state index contributed by atoms with van der Waals surface area (Å²) in [4.78, 5) is 12.2. The lowest BCUT2D eigenvalue weighted by atomic mass is 9.94. The highest BCUT2D eigenvalue weighted by molar-refractivity contribution is 7.15. The minimum absolute atomic E-state index is 0.112. The van der Waals surface area contributed by atoms with Crippen LogP contribution in [0.15, 0.2) is 6.20 Å². The molecule has 0 spiro atoms. The van der Waals surface area contributed by atoms with Gasteiger partial charge in [-0.3, -0.25) is 10.4 Å². The van der Waals surface area contributed by atoms with E-state index < -0.39 is 0 Å². The van der Waals surface area contributed by atoms with Crippen molar-refractivity contribution in [3.8, 4) is 0 Å². The summed E-state index contributed by atoms with van der Waals surface area (Å²) >= 11 is 1.45. The zero-order valence-electron chi connectivity index (χ0n) is 13.2. The van der Waals surface area contributed by atoms with Gasteiger partial charge in [0.2, 0.25) is 5.13 Å². The molecule has 1 aliphatic carbocycles. The van der Waals surface area contributed by atoms with Crippen LogP contribution < -0.4 is 10.6 Å². The van der Waals surface area contributed by atoms with Gasteiger partial charge in [-0.25, -0.2) is 4.79 Å². The first-order valence-corrected chi connectivity index (χ1v) is 9.09. The fourth-order valence-corrected chi connectivity index (χ4v) is 4.15. The van der Waals surface area contributed by atoms with Gasteiger partial charge < -0.3 is 10.1 Å². The summed E-state index contributed by atoms with van der Waals surface area (Å²) in [6, 6.07) is -0.113. The molecule has 1 saturated heterocycles. The van der Waals surface area contributed by atoms with Crippen molar-refractivity contribution in [3.63, 3.8) is 0 Å². The van der Waals surface area contributed by atoms with E-state index in [1.54, 1.807) is 0 Å². The van der Waals surface area contributed by atoms with Crippen LogP contribution in [0.4, 0.5) is 9.93 Å². The maximum absolute atomic E-state index is 12.2. The Morgan fingerprint density at radius 3 is 3.04 bits per heavy atom. The summed E-state index contributed by atoms with van der Waals surface area (Å²) in [5.41, 5.74) is 2.36. The van der Waals surface area contributed by atoms with Crippen LogP contribution >= 0.6 is 11.3 Å². The van der Waals surface area contributed by atoms with Crippen LogP contribution in [-0.2, 0) is 17.6 Å². The van der Waals surface area contributed by atoms with E-state index in [1.165, 1.54) is 16.9 Å². The molecule has 2 amide bonds. The number of amides is 2. The van der Waals surface area contributed by atoms with Crippen molar-refractivity contribution < 1.29 is 9.53 Å². The highest BCUT2D eigenvalue weighted by Crippen LogP contribution is 2.30. The Morgan fingerprint density at radius 2 is 2.17 bits per heavy atom. The summed E-state index contributed by atoms with van der Waals surface area (Å²) in [6.45, 7) is 1.54. The monoisotopic (exact) mass is 348 g/mol. The van der Waals surface area contributed by atoms with Crippen LogP contribution in [0.2, 0.25) is 0 Å². The van der Waals surface area contributed by atoms with E-state index in [2.05, 4.69) is 31.0 Å². The number of aromatic nitrogens is 4. The van der Waals surface area contributed by atoms with E-state index in [-0.39, 0.29) is 12.1 Å². The Bertz CT molecular complexity index is 708. The second-order valence-corrected chi connectivity index (χ2v) is 7.25. The molecule has 3 N–H and O–H groups in total. The van der Waals surface area contributed by atoms with Crippen molar-refractivity contribution in [1.82, 2.24) is 25.7 Å². The van der Waals surface area contributed by atoms with Gasteiger partial charge >= 0.3 is 6.03 Å². The molecule has 8 nitrogen and oxygen atoms in total. The fourth-order valence-electron chi connectivity index (χ4n) is 3.24. The Balaban J connectivity index is 1.31. The molecular formula is C15H20N6O2S. The number of aromatic amines is 1. The number of nitrogens with one attached hydrogen (secondary N) is 3. The molecular weight excluding hydrogens is 328 g/mol. The third kappa shape index (κ3) is 3.41. The van der Waals surface area contributed by atoms with Crippen LogP contribution in [-0.4, -0.2) is 45.7 Å². The van der Waals surface area contributed by atoms with Gasteiger partial charge in [0.05, 0.1) is 6.20 Å². The molecule has 1 fully saturated rings. The molecule has 1 unspecified atom stereocenters. The highest BCUT2D eigenvalue weighted by atomic mass is 32.1. The van der Waals surface area contributed by atoms with E-state index in [9.17, 15) is 4.79 Å². The summed E-state index contributed by atoms with van der Waals surface area (Å²) in [6.07, 6.45) is 6.44. The van der Waals surface area contributed by atoms with Gasteiger partial charge in [0, 0.05) is 37.3 Å². The number of urea groups is 1. The predicted molar refractivity (Wildman–Crippen MR) is 89.3 cm³/mol. The second-order valence-electron chi connectivity index (χ2n) is 6.24. The molecule has 24 heavy (non-hydrogen) atoms. The van der Waals surface area contributed by atoms with E-state index in [1.807, 2.05) is 6.20 Å². The van der Waals surface area contributed by atoms with Gasteiger partial charge in [0.1, 0.15) is 5.01 Å². The zero-order valence-corrected chi connectivity index (χ0v) is 14.1. The lowest BCUT2D eigenvalue weighted by molar-refractivity contribution is 0.0851. The molecule has 0 aromatic carbocycles. The van der Waals surface area contributed by atoms with E-state index >= 15 is 0 Å². The minimum Gasteiger partial charge on any atom is -0.381 e. The quantitative estimate of drug-likeness (QED) is 0.785. The average molecular weight is 348 g/mol. The number of carbonyl (C=O) groups excluding carboxylic acids is 1. The Kier molecular flexibility index (Phi) is 4.44. The molecule has 2 aromatic rings. The normalized spacial score (nSPS) is 21.2. The lowest BCUT2D eigenvalue weighted by Crippen LogP contribution is -2.41. The number of anilines is 1. The van der Waals surface area contributed by atoms with E-state index in [4.69, 9.17) is 4.74 Å². The number of H-pyrrole nitrogens is 1. The van der Waals surface area contributed by atoms with E-state index in [0.29, 0.717) is 11.0 Å². The van der Waals surface area contributed by atoms with Crippen LogP contribution in [0.3, 0.4) is 0 Å². The maximum atomic E-state index is 12.2. The summed E-state index contributed by atoms with van der Waals surface area (Å²) < 4.78 is 5.37. The summed E-state index contributed by atoms with van der Waals surface area (Å²) in [5, 5.41) is 22.7. The molecule has 2 aliphatic rings. The van der Waals surface area contributed by atoms with Crippen molar-refractivity contribution in [1.29, 1.82) is 0 Å². The number of nitrogens with zero attached hydrogens (tertiary/aromatic N) is 3. The number of ether oxygens (including phenoxy) is 1. The molecule has 1 aliphatic heterocycles. The number of hydrogen-bond acceptors (Lipinski definition) is 6. The van der Waals surface area contributed by atoms with Crippen molar-refractivity contribution in [2.45, 2.75) is 44.1 Å². The zero-order chi connectivity index (χ0) is 16.4. The molecule has 9 heteroatoms.